The highest BCUT2D eigenvalue weighted by Gasteiger charge is 2.38. The van der Waals surface area contributed by atoms with Crippen molar-refractivity contribution in [3.8, 4) is 0 Å². The van der Waals surface area contributed by atoms with Gasteiger partial charge in [0, 0.05) is 63.1 Å². The molecule has 0 bridgehead atoms. The van der Waals surface area contributed by atoms with Crippen molar-refractivity contribution in [3.05, 3.63) is 65.7 Å². The Bertz CT molecular complexity index is 1570. The summed E-state index contributed by atoms with van der Waals surface area (Å²) in [6, 6.07) is 6.36. The highest BCUT2D eigenvalue weighted by atomic mass is 19.4. The molecule has 1 atom stereocenters. The number of rotatable bonds is 5. The SMILES string of the molecule is CNc1ncc(N2CCc3c(C(F)(F)F)ccc(N4CCN(C(=O)Cn5ncc6cccnc65)[C@H](C)C4)c3C2)cn1. The van der Waals surface area contributed by atoms with Gasteiger partial charge in [0.25, 0.3) is 0 Å². The molecular formula is C28H30F3N9O. The average molecular weight is 566 g/mol. The standard InChI is InChI=1S/C28H30F3N9O/c1-18-15-38(10-11-39(18)25(41)17-40-26-19(12-36-40)4-3-8-33-26)24-6-5-23(28(29,30)31)21-7-9-37(16-22(21)24)20-13-34-27(32-2)35-14-20/h3-6,8,12-14,18H,7,9-11,15-17H2,1-2H3,(H,32,34,35)/t18-/m1/s1. The molecule has 2 aliphatic rings. The first kappa shape index (κ1) is 26.8. The van der Waals surface area contributed by atoms with E-state index in [1.165, 1.54) is 6.07 Å². The number of fused-ring (bicyclic) bond motifs is 2. The fourth-order valence-electron chi connectivity index (χ4n) is 5.85. The molecule has 1 fully saturated rings. The van der Waals surface area contributed by atoms with E-state index in [1.807, 2.05) is 28.9 Å². The number of piperazine rings is 1. The number of halogens is 3. The first-order valence-electron chi connectivity index (χ1n) is 13.5. The van der Waals surface area contributed by atoms with Gasteiger partial charge in [-0.15, -0.1) is 0 Å². The highest BCUT2D eigenvalue weighted by Crippen LogP contribution is 2.40. The van der Waals surface area contributed by atoms with E-state index in [1.54, 1.807) is 42.6 Å². The van der Waals surface area contributed by atoms with E-state index >= 15 is 0 Å². The lowest BCUT2D eigenvalue weighted by Crippen LogP contribution is -2.55. The maximum absolute atomic E-state index is 14.0. The summed E-state index contributed by atoms with van der Waals surface area (Å²) >= 11 is 0. The van der Waals surface area contributed by atoms with Crippen LogP contribution in [0.2, 0.25) is 0 Å². The third-order valence-electron chi connectivity index (χ3n) is 7.89. The number of nitrogens with one attached hydrogen (secondary N) is 1. The van der Waals surface area contributed by atoms with Crippen LogP contribution in [0.25, 0.3) is 11.0 Å². The first-order valence-corrected chi connectivity index (χ1v) is 13.5. The predicted molar refractivity (Wildman–Crippen MR) is 149 cm³/mol. The quantitative estimate of drug-likeness (QED) is 0.393. The minimum Gasteiger partial charge on any atom is -0.367 e. The zero-order valence-corrected chi connectivity index (χ0v) is 22.8. The van der Waals surface area contributed by atoms with Gasteiger partial charge >= 0.3 is 6.18 Å². The zero-order valence-electron chi connectivity index (χ0n) is 22.8. The van der Waals surface area contributed by atoms with Crippen LogP contribution >= 0.6 is 0 Å². The summed E-state index contributed by atoms with van der Waals surface area (Å²) in [5, 5.41) is 8.06. The Morgan fingerprint density at radius 3 is 2.56 bits per heavy atom. The van der Waals surface area contributed by atoms with Crippen molar-refractivity contribution in [1.82, 2.24) is 29.6 Å². The Hall–Kier alpha value is -4.42. The number of benzene rings is 1. The number of carbonyl (C=O) groups excluding carboxylic acids is 1. The summed E-state index contributed by atoms with van der Waals surface area (Å²) in [6.45, 7) is 4.23. The van der Waals surface area contributed by atoms with E-state index in [9.17, 15) is 18.0 Å². The third kappa shape index (κ3) is 5.11. The van der Waals surface area contributed by atoms with Gasteiger partial charge in [-0.2, -0.15) is 18.3 Å². The monoisotopic (exact) mass is 565 g/mol. The molecule has 10 nitrogen and oxygen atoms in total. The molecule has 0 aliphatic carbocycles. The van der Waals surface area contributed by atoms with Crippen molar-refractivity contribution < 1.29 is 18.0 Å². The first-order chi connectivity index (χ1) is 19.7. The Morgan fingerprint density at radius 2 is 1.83 bits per heavy atom. The van der Waals surface area contributed by atoms with Gasteiger partial charge in [-0.1, -0.05) is 0 Å². The van der Waals surface area contributed by atoms with Crippen LogP contribution in [0.5, 0.6) is 0 Å². The molecular weight excluding hydrogens is 535 g/mol. The molecule has 1 saturated heterocycles. The topological polar surface area (TPSA) is 95.3 Å². The van der Waals surface area contributed by atoms with Crippen LogP contribution in [0.15, 0.2) is 49.1 Å². The lowest BCUT2D eigenvalue weighted by Gasteiger charge is -2.43. The summed E-state index contributed by atoms with van der Waals surface area (Å²) in [4.78, 5) is 32.1. The second kappa shape index (κ2) is 10.5. The fraction of sp³-hybridized carbons (Fsp3) is 0.393. The normalized spacial score (nSPS) is 17.6. The number of pyridine rings is 1. The van der Waals surface area contributed by atoms with Crippen LogP contribution in [0.4, 0.5) is 30.5 Å². The van der Waals surface area contributed by atoms with Crippen molar-refractivity contribution in [1.29, 1.82) is 0 Å². The Labute approximate surface area is 234 Å². The van der Waals surface area contributed by atoms with Gasteiger partial charge in [-0.05, 0) is 48.7 Å². The zero-order chi connectivity index (χ0) is 28.7. The molecule has 0 saturated carbocycles. The molecule has 1 amide bonds. The van der Waals surface area contributed by atoms with Crippen molar-refractivity contribution in [2.24, 2.45) is 0 Å². The number of amides is 1. The van der Waals surface area contributed by atoms with E-state index < -0.39 is 11.7 Å². The van der Waals surface area contributed by atoms with Gasteiger partial charge in [-0.25, -0.2) is 19.6 Å². The van der Waals surface area contributed by atoms with Gasteiger partial charge in [0.1, 0.15) is 6.54 Å². The van der Waals surface area contributed by atoms with Crippen molar-refractivity contribution in [3.63, 3.8) is 0 Å². The highest BCUT2D eigenvalue weighted by molar-refractivity contribution is 5.80. The fourth-order valence-corrected chi connectivity index (χ4v) is 5.85. The third-order valence-corrected chi connectivity index (χ3v) is 7.89. The van der Waals surface area contributed by atoms with Gasteiger partial charge in [-0.3, -0.25) is 4.79 Å². The molecule has 2 aliphatic heterocycles. The number of aromatic nitrogens is 5. The van der Waals surface area contributed by atoms with Crippen LogP contribution in [0.1, 0.15) is 23.6 Å². The minimum absolute atomic E-state index is 0.0709. The molecule has 41 heavy (non-hydrogen) atoms. The second-order valence-electron chi connectivity index (χ2n) is 10.4. The van der Waals surface area contributed by atoms with E-state index in [0.717, 1.165) is 16.8 Å². The summed E-state index contributed by atoms with van der Waals surface area (Å²) in [5.41, 5.74) is 2.58. The number of alkyl halides is 3. The molecule has 6 rings (SSSR count). The summed E-state index contributed by atoms with van der Waals surface area (Å²) in [6.07, 6.45) is 2.54. The molecule has 13 heteroatoms. The van der Waals surface area contributed by atoms with Crippen molar-refractivity contribution in [2.75, 3.05) is 48.3 Å². The van der Waals surface area contributed by atoms with Crippen LogP contribution in [-0.4, -0.2) is 74.8 Å². The molecule has 1 aromatic carbocycles. The smallest absolute Gasteiger partial charge is 0.367 e. The predicted octanol–water partition coefficient (Wildman–Crippen LogP) is 3.58. The second-order valence-corrected chi connectivity index (χ2v) is 10.4. The van der Waals surface area contributed by atoms with Gasteiger partial charge < -0.3 is 20.0 Å². The van der Waals surface area contributed by atoms with Gasteiger partial charge in [0.05, 0.1) is 29.8 Å². The summed E-state index contributed by atoms with van der Waals surface area (Å²) in [5.74, 6) is 0.406. The minimum atomic E-state index is -4.44. The van der Waals surface area contributed by atoms with Crippen molar-refractivity contribution >= 4 is 34.3 Å². The van der Waals surface area contributed by atoms with Gasteiger partial charge in [0.15, 0.2) is 5.65 Å². The largest absolute Gasteiger partial charge is 0.416 e. The molecule has 214 valence electrons. The van der Waals surface area contributed by atoms with E-state index in [4.69, 9.17) is 0 Å². The summed E-state index contributed by atoms with van der Waals surface area (Å²) in [7, 11) is 1.72. The number of carbonyl (C=O) groups is 1. The van der Waals surface area contributed by atoms with Gasteiger partial charge in [0.2, 0.25) is 11.9 Å². The number of nitrogens with zero attached hydrogens (tertiary/aromatic N) is 8. The Kier molecular flexibility index (Phi) is 6.88. The Balaban J connectivity index is 1.23. The Morgan fingerprint density at radius 1 is 1.02 bits per heavy atom. The molecule has 0 unspecified atom stereocenters. The average Bonchev–Trinajstić information content (AvgIpc) is 3.38. The lowest BCUT2D eigenvalue weighted by atomic mass is 9.91. The lowest BCUT2D eigenvalue weighted by molar-refractivity contribution is -0.138. The van der Waals surface area contributed by atoms with Crippen molar-refractivity contribution in [2.45, 2.75) is 38.7 Å². The maximum atomic E-state index is 14.0. The molecule has 0 radical (unpaired) electrons. The summed E-state index contributed by atoms with van der Waals surface area (Å²) < 4.78 is 43.6. The number of anilines is 3. The number of hydrogen-bond acceptors (Lipinski definition) is 8. The van der Waals surface area contributed by atoms with Crippen LogP contribution in [0, 0.1) is 0 Å². The van der Waals surface area contributed by atoms with E-state index in [-0.39, 0.29) is 24.9 Å². The van der Waals surface area contributed by atoms with Crippen LogP contribution < -0.4 is 15.1 Å². The maximum Gasteiger partial charge on any atom is 0.416 e. The van der Waals surface area contributed by atoms with Crippen LogP contribution in [-0.2, 0) is 30.5 Å². The molecule has 3 aromatic heterocycles. The molecule has 1 N–H and O–H groups in total. The molecule has 0 spiro atoms. The van der Waals surface area contributed by atoms with E-state index in [2.05, 4.69) is 30.3 Å². The molecule has 5 heterocycles. The van der Waals surface area contributed by atoms with E-state index in [0.29, 0.717) is 55.4 Å². The van der Waals surface area contributed by atoms with Crippen LogP contribution in [0.3, 0.4) is 0 Å². The molecule has 4 aromatic rings. The number of hydrogen-bond donors (Lipinski definition) is 1.